The maximum absolute atomic E-state index is 13.2. The third-order valence-electron chi connectivity index (χ3n) is 4.08. The van der Waals surface area contributed by atoms with Gasteiger partial charge in [-0.2, -0.15) is 0 Å². The van der Waals surface area contributed by atoms with Crippen LogP contribution < -0.4 is 10.4 Å². The van der Waals surface area contributed by atoms with E-state index in [0.29, 0.717) is 0 Å². The van der Waals surface area contributed by atoms with Gasteiger partial charge in [-0.15, -0.1) is 0 Å². The van der Waals surface area contributed by atoms with Crippen LogP contribution in [0.2, 0.25) is 5.04 Å². The minimum absolute atomic E-state index is 0.0756. The van der Waals surface area contributed by atoms with Crippen molar-refractivity contribution in [1.82, 2.24) is 0 Å². The number of hydrogen-bond acceptors (Lipinski definition) is 1. The molecule has 0 saturated heterocycles. The van der Waals surface area contributed by atoms with Crippen molar-refractivity contribution < 1.29 is 8.82 Å². The molecular weight excluding hydrogens is 303 g/mol. The molecule has 0 unspecified atom stereocenters. The van der Waals surface area contributed by atoms with Crippen LogP contribution in [0.5, 0.6) is 0 Å². The highest BCUT2D eigenvalue weighted by atomic mass is 28.4. The van der Waals surface area contributed by atoms with Gasteiger partial charge in [0.15, 0.2) is 0 Å². The molecule has 1 nitrogen and oxygen atoms in total. The van der Waals surface area contributed by atoms with E-state index in [9.17, 15) is 4.39 Å². The van der Waals surface area contributed by atoms with Gasteiger partial charge in [0, 0.05) is 0 Å². The predicted molar refractivity (Wildman–Crippen MR) is 98.4 cm³/mol. The molecule has 23 heavy (non-hydrogen) atoms. The summed E-state index contributed by atoms with van der Waals surface area (Å²) in [5.41, 5.74) is 0. The lowest BCUT2D eigenvalue weighted by Crippen LogP contribution is -2.66. The number of benzene rings is 2. The van der Waals surface area contributed by atoms with E-state index in [4.69, 9.17) is 4.43 Å². The summed E-state index contributed by atoms with van der Waals surface area (Å²) < 4.78 is 19.7. The first-order valence-electron chi connectivity index (χ1n) is 7.95. The number of rotatable bonds is 5. The van der Waals surface area contributed by atoms with E-state index in [1.54, 1.807) is 0 Å². The van der Waals surface area contributed by atoms with Gasteiger partial charge in [-0.3, -0.25) is 0 Å². The molecule has 0 aromatic heterocycles. The van der Waals surface area contributed by atoms with Crippen molar-refractivity contribution >= 4 is 18.7 Å². The summed E-state index contributed by atoms with van der Waals surface area (Å²) in [5, 5.41) is 2.35. The van der Waals surface area contributed by atoms with E-state index < -0.39 is 8.32 Å². The molecule has 0 aliphatic carbocycles. The quantitative estimate of drug-likeness (QED) is 0.738. The van der Waals surface area contributed by atoms with Gasteiger partial charge < -0.3 is 4.43 Å². The first-order valence-corrected chi connectivity index (χ1v) is 9.86. The molecule has 0 fully saturated rings. The lowest BCUT2D eigenvalue weighted by atomic mass is 10.2. The zero-order valence-corrected chi connectivity index (χ0v) is 15.3. The van der Waals surface area contributed by atoms with Gasteiger partial charge in [0.1, 0.15) is 0 Å². The molecule has 0 atom stereocenters. The van der Waals surface area contributed by atoms with Crippen molar-refractivity contribution in [3.05, 3.63) is 72.6 Å². The van der Waals surface area contributed by atoms with Crippen LogP contribution in [0.15, 0.2) is 72.6 Å². The molecule has 0 bridgehead atoms. The molecule has 0 N–H and O–H groups in total. The summed E-state index contributed by atoms with van der Waals surface area (Å²) in [6.07, 6.45) is 1.51. The maximum Gasteiger partial charge on any atom is 0.261 e. The second-order valence-corrected chi connectivity index (χ2v) is 11.1. The SMILES string of the molecule is C/C(F)=C\CO[Si](c1ccccc1)(c1ccccc1)C(C)(C)C. The maximum atomic E-state index is 13.2. The summed E-state index contributed by atoms with van der Waals surface area (Å²) in [5.74, 6) is -0.206. The molecule has 0 spiro atoms. The molecule has 0 heterocycles. The third-order valence-corrected chi connectivity index (χ3v) is 9.09. The number of allylic oxidation sites excluding steroid dienone is 1. The van der Waals surface area contributed by atoms with Crippen LogP contribution in [0.3, 0.4) is 0 Å². The Bertz CT molecular complexity index is 601. The first-order chi connectivity index (χ1) is 10.9. The molecule has 0 amide bonds. The second-order valence-electron chi connectivity index (χ2n) is 6.77. The van der Waals surface area contributed by atoms with Gasteiger partial charge >= 0.3 is 0 Å². The highest BCUT2D eigenvalue weighted by Gasteiger charge is 2.49. The Morgan fingerprint density at radius 1 is 0.957 bits per heavy atom. The van der Waals surface area contributed by atoms with Crippen molar-refractivity contribution in [2.45, 2.75) is 32.7 Å². The van der Waals surface area contributed by atoms with Gasteiger partial charge in [-0.1, -0.05) is 81.4 Å². The standard InChI is InChI=1S/C20H25FOSi/c1-17(21)15-16-22-23(20(2,3)4,18-11-7-5-8-12-18)19-13-9-6-10-14-19/h5-15H,16H2,1-4H3/b17-15+. The molecule has 0 radical (unpaired) electrons. The summed E-state index contributed by atoms with van der Waals surface area (Å²) in [7, 11) is -2.53. The largest absolute Gasteiger partial charge is 0.404 e. The lowest BCUT2D eigenvalue weighted by Gasteiger charge is -2.42. The summed E-state index contributed by atoms with van der Waals surface area (Å²) in [4.78, 5) is 0. The average Bonchev–Trinajstić information content (AvgIpc) is 2.52. The highest BCUT2D eigenvalue weighted by Crippen LogP contribution is 2.36. The van der Waals surface area contributed by atoms with Crippen molar-refractivity contribution in [3.63, 3.8) is 0 Å². The zero-order chi connectivity index (χ0) is 16.9. The van der Waals surface area contributed by atoms with Crippen molar-refractivity contribution in [3.8, 4) is 0 Å². The van der Waals surface area contributed by atoms with Crippen LogP contribution in [-0.2, 0) is 4.43 Å². The third kappa shape index (κ3) is 3.79. The Morgan fingerprint density at radius 3 is 1.74 bits per heavy atom. The average molecular weight is 329 g/mol. The summed E-state index contributed by atoms with van der Waals surface area (Å²) in [6.45, 7) is 8.38. The molecule has 2 aromatic rings. The van der Waals surface area contributed by atoms with E-state index in [0.717, 1.165) is 0 Å². The number of halogens is 1. The van der Waals surface area contributed by atoms with Crippen LogP contribution in [0.25, 0.3) is 0 Å². The molecular formula is C20H25FOSi. The van der Waals surface area contributed by atoms with E-state index in [2.05, 4.69) is 45.0 Å². The molecule has 2 aromatic carbocycles. The van der Waals surface area contributed by atoms with Crippen LogP contribution in [0.1, 0.15) is 27.7 Å². The fourth-order valence-electron chi connectivity index (χ4n) is 3.04. The molecule has 0 aliphatic rings. The van der Waals surface area contributed by atoms with Crippen LogP contribution in [0.4, 0.5) is 4.39 Å². The Labute approximate surface area is 140 Å². The minimum atomic E-state index is -2.53. The van der Waals surface area contributed by atoms with E-state index in [-0.39, 0.29) is 17.5 Å². The smallest absolute Gasteiger partial charge is 0.261 e. The van der Waals surface area contributed by atoms with Gasteiger partial charge in [0.05, 0.1) is 12.4 Å². The van der Waals surface area contributed by atoms with Crippen molar-refractivity contribution in [2.24, 2.45) is 0 Å². The van der Waals surface area contributed by atoms with E-state index in [1.807, 2.05) is 36.4 Å². The second kappa shape index (κ2) is 7.24. The summed E-state index contributed by atoms with van der Waals surface area (Å²) >= 11 is 0. The molecule has 3 heteroatoms. The fourth-order valence-corrected chi connectivity index (χ4v) is 7.53. The van der Waals surface area contributed by atoms with E-state index in [1.165, 1.54) is 23.4 Å². The molecule has 0 saturated carbocycles. The Morgan fingerprint density at radius 2 is 1.39 bits per heavy atom. The fraction of sp³-hybridized carbons (Fsp3) is 0.300. The van der Waals surface area contributed by atoms with Gasteiger partial charge in [0.25, 0.3) is 8.32 Å². The molecule has 2 rings (SSSR count). The summed E-state index contributed by atoms with van der Waals surface area (Å²) in [6, 6.07) is 20.8. The van der Waals surface area contributed by atoms with Crippen LogP contribution >= 0.6 is 0 Å². The Hall–Kier alpha value is -1.71. The van der Waals surface area contributed by atoms with Crippen molar-refractivity contribution in [1.29, 1.82) is 0 Å². The Balaban J connectivity index is 2.62. The monoisotopic (exact) mass is 328 g/mol. The van der Waals surface area contributed by atoms with Gasteiger partial charge in [0.2, 0.25) is 0 Å². The lowest BCUT2D eigenvalue weighted by molar-refractivity contribution is 0.336. The molecule has 0 aliphatic heterocycles. The van der Waals surface area contributed by atoms with E-state index >= 15 is 0 Å². The van der Waals surface area contributed by atoms with Gasteiger partial charge in [-0.25, -0.2) is 4.39 Å². The minimum Gasteiger partial charge on any atom is -0.404 e. The normalized spacial score (nSPS) is 13.2. The number of hydrogen-bond donors (Lipinski definition) is 0. The van der Waals surface area contributed by atoms with Gasteiger partial charge in [-0.05, 0) is 28.4 Å². The Kier molecular flexibility index (Phi) is 5.55. The van der Waals surface area contributed by atoms with Crippen LogP contribution in [0, 0.1) is 0 Å². The topological polar surface area (TPSA) is 9.23 Å². The predicted octanol–water partition coefficient (Wildman–Crippen LogP) is 4.44. The molecule has 122 valence electrons. The first kappa shape index (κ1) is 17.6. The van der Waals surface area contributed by atoms with Crippen molar-refractivity contribution in [2.75, 3.05) is 6.61 Å². The van der Waals surface area contributed by atoms with Crippen LogP contribution in [-0.4, -0.2) is 14.9 Å². The highest BCUT2D eigenvalue weighted by molar-refractivity contribution is 6.99. The zero-order valence-electron chi connectivity index (χ0n) is 14.3.